The molecular weight excluding hydrogens is 232 g/mol. The maximum absolute atomic E-state index is 11.8. The molecular formula is C13H20N2O3. The summed E-state index contributed by atoms with van der Waals surface area (Å²) in [6.07, 6.45) is 4.89. The zero-order chi connectivity index (χ0) is 13.2. The van der Waals surface area contributed by atoms with Crippen LogP contribution in [0.25, 0.3) is 0 Å². The Morgan fingerprint density at radius 2 is 2.39 bits per heavy atom. The van der Waals surface area contributed by atoms with Crippen molar-refractivity contribution in [2.45, 2.75) is 31.5 Å². The van der Waals surface area contributed by atoms with E-state index in [1.165, 1.54) is 0 Å². The molecule has 0 unspecified atom stereocenters. The van der Waals surface area contributed by atoms with Crippen molar-refractivity contribution in [2.24, 2.45) is 7.05 Å². The molecule has 1 aliphatic carbocycles. The second kappa shape index (κ2) is 5.12. The van der Waals surface area contributed by atoms with Crippen molar-refractivity contribution in [2.75, 3.05) is 13.2 Å². The minimum Gasteiger partial charge on any atom is -0.388 e. The van der Waals surface area contributed by atoms with E-state index < -0.39 is 5.60 Å². The Kier molecular flexibility index (Phi) is 3.73. The van der Waals surface area contributed by atoms with Gasteiger partial charge in [0.1, 0.15) is 0 Å². The third-order valence-corrected chi connectivity index (χ3v) is 3.29. The molecule has 0 bridgehead atoms. The van der Waals surface area contributed by atoms with E-state index in [2.05, 4.69) is 5.32 Å². The SMILES string of the molecule is CCOC1CC(O)(CNC(=O)c2ccn(C)c2)C1. The minimum atomic E-state index is -0.801. The molecule has 5 nitrogen and oxygen atoms in total. The fourth-order valence-electron chi connectivity index (χ4n) is 2.27. The fourth-order valence-corrected chi connectivity index (χ4v) is 2.27. The van der Waals surface area contributed by atoms with E-state index >= 15 is 0 Å². The highest BCUT2D eigenvalue weighted by atomic mass is 16.5. The molecule has 0 aliphatic heterocycles. The molecule has 1 saturated carbocycles. The normalized spacial score (nSPS) is 26.7. The lowest BCUT2D eigenvalue weighted by Crippen LogP contribution is -2.55. The van der Waals surface area contributed by atoms with Crippen LogP contribution in [0, 0.1) is 0 Å². The highest BCUT2D eigenvalue weighted by Gasteiger charge is 2.43. The van der Waals surface area contributed by atoms with Gasteiger partial charge in [0, 0.05) is 45.4 Å². The Balaban J connectivity index is 1.77. The molecule has 0 spiro atoms. The number of nitrogens with one attached hydrogen (secondary N) is 1. The molecule has 1 fully saturated rings. The van der Waals surface area contributed by atoms with Gasteiger partial charge in [-0.15, -0.1) is 0 Å². The van der Waals surface area contributed by atoms with Crippen LogP contribution in [-0.2, 0) is 11.8 Å². The Morgan fingerprint density at radius 1 is 1.67 bits per heavy atom. The molecule has 18 heavy (non-hydrogen) atoms. The first-order valence-electron chi connectivity index (χ1n) is 6.26. The largest absolute Gasteiger partial charge is 0.388 e. The maximum atomic E-state index is 11.8. The van der Waals surface area contributed by atoms with Crippen molar-refractivity contribution in [1.82, 2.24) is 9.88 Å². The lowest BCUT2D eigenvalue weighted by atomic mass is 9.77. The van der Waals surface area contributed by atoms with Crippen LogP contribution in [0.15, 0.2) is 18.5 Å². The molecule has 0 aromatic carbocycles. The zero-order valence-corrected chi connectivity index (χ0v) is 10.8. The van der Waals surface area contributed by atoms with Gasteiger partial charge in [-0.25, -0.2) is 0 Å². The number of amides is 1. The number of carbonyl (C=O) groups is 1. The highest BCUT2D eigenvalue weighted by Crippen LogP contribution is 2.33. The molecule has 1 amide bonds. The predicted molar refractivity (Wildman–Crippen MR) is 67.3 cm³/mol. The third kappa shape index (κ3) is 2.91. The first-order valence-corrected chi connectivity index (χ1v) is 6.26. The first kappa shape index (κ1) is 13.1. The predicted octanol–water partition coefficient (Wildman–Crippen LogP) is 0.685. The van der Waals surface area contributed by atoms with Crippen LogP contribution in [-0.4, -0.2) is 40.4 Å². The summed E-state index contributed by atoms with van der Waals surface area (Å²) in [6, 6.07) is 1.75. The van der Waals surface area contributed by atoms with Gasteiger partial charge in [-0.2, -0.15) is 0 Å². The summed E-state index contributed by atoms with van der Waals surface area (Å²) in [6.45, 7) is 2.88. The molecule has 0 radical (unpaired) electrons. The average Bonchev–Trinajstić information content (AvgIpc) is 2.71. The van der Waals surface area contributed by atoms with E-state index in [4.69, 9.17) is 4.74 Å². The van der Waals surface area contributed by atoms with Crippen LogP contribution in [0.3, 0.4) is 0 Å². The van der Waals surface area contributed by atoms with E-state index in [0.29, 0.717) is 25.0 Å². The standard InChI is InChI=1S/C13H20N2O3/c1-3-18-11-6-13(17,7-11)9-14-12(16)10-4-5-15(2)8-10/h4-5,8,11,17H,3,6-7,9H2,1-2H3,(H,14,16). The van der Waals surface area contributed by atoms with Crippen molar-refractivity contribution in [1.29, 1.82) is 0 Å². The van der Waals surface area contributed by atoms with E-state index in [1.54, 1.807) is 12.3 Å². The Hall–Kier alpha value is -1.33. The molecule has 1 aromatic heterocycles. The number of nitrogens with zero attached hydrogens (tertiary/aromatic N) is 1. The van der Waals surface area contributed by atoms with E-state index in [0.717, 1.165) is 0 Å². The van der Waals surface area contributed by atoms with Crippen molar-refractivity contribution < 1.29 is 14.6 Å². The van der Waals surface area contributed by atoms with E-state index in [9.17, 15) is 9.90 Å². The van der Waals surface area contributed by atoms with Crippen LogP contribution >= 0.6 is 0 Å². The smallest absolute Gasteiger partial charge is 0.252 e. The second-order valence-corrected chi connectivity index (χ2v) is 4.96. The van der Waals surface area contributed by atoms with Gasteiger partial charge in [0.25, 0.3) is 5.91 Å². The summed E-state index contributed by atoms with van der Waals surface area (Å²) >= 11 is 0. The number of hydrogen-bond acceptors (Lipinski definition) is 3. The first-order chi connectivity index (χ1) is 8.52. The third-order valence-electron chi connectivity index (χ3n) is 3.29. The maximum Gasteiger partial charge on any atom is 0.252 e. The van der Waals surface area contributed by atoms with Gasteiger partial charge in [0.15, 0.2) is 0 Å². The lowest BCUT2D eigenvalue weighted by molar-refractivity contribution is -0.133. The van der Waals surface area contributed by atoms with Gasteiger partial charge in [0.2, 0.25) is 0 Å². The molecule has 0 atom stereocenters. The van der Waals surface area contributed by atoms with Gasteiger partial charge in [0.05, 0.1) is 17.3 Å². The van der Waals surface area contributed by atoms with Gasteiger partial charge in [-0.1, -0.05) is 0 Å². The number of ether oxygens (including phenoxy) is 1. The molecule has 1 aromatic rings. The number of aryl methyl sites for hydroxylation is 1. The Bertz CT molecular complexity index is 422. The summed E-state index contributed by atoms with van der Waals surface area (Å²) < 4.78 is 7.21. The van der Waals surface area contributed by atoms with Crippen molar-refractivity contribution >= 4 is 5.91 Å². The van der Waals surface area contributed by atoms with Crippen LogP contribution in [0.4, 0.5) is 0 Å². The molecule has 1 aliphatic rings. The molecule has 0 saturated heterocycles. The van der Waals surface area contributed by atoms with Crippen LogP contribution in [0.1, 0.15) is 30.1 Å². The van der Waals surface area contributed by atoms with E-state index in [1.807, 2.05) is 24.7 Å². The summed E-state index contributed by atoms with van der Waals surface area (Å²) in [4.78, 5) is 11.8. The van der Waals surface area contributed by atoms with Gasteiger partial charge < -0.3 is 19.7 Å². The van der Waals surface area contributed by atoms with Crippen molar-refractivity contribution in [3.05, 3.63) is 24.0 Å². The van der Waals surface area contributed by atoms with Gasteiger partial charge in [-0.3, -0.25) is 4.79 Å². The highest BCUT2D eigenvalue weighted by molar-refractivity contribution is 5.94. The van der Waals surface area contributed by atoms with Gasteiger partial charge in [-0.05, 0) is 13.0 Å². The number of rotatable bonds is 5. The van der Waals surface area contributed by atoms with Crippen molar-refractivity contribution in [3.8, 4) is 0 Å². The summed E-state index contributed by atoms with van der Waals surface area (Å²) in [5.41, 5.74) is -0.189. The van der Waals surface area contributed by atoms with Crippen LogP contribution < -0.4 is 5.32 Å². The topological polar surface area (TPSA) is 63.5 Å². The lowest BCUT2D eigenvalue weighted by Gasteiger charge is -2.43. The quantitative estimate of drug-likeness (QED) is 0.810. The monoisotopic (exact) mass is 252 g/mol. The van der Waals surface area contributed by atoms with E-state index in [-0.39, 0.29) is 18.6 Å². The number of aromatic nitrogens is 1. The van der Waals surface area contributed by atoms with Crippen LogP contribution in [0.5, 0.6) is 0 Å². The number of aliphatic hydroxyl groups is 1. The fraction of sp³-hybridized carbons (Fsp3) is 0.615. The molecule has 1 heterocycles. The van der Waals surface area contributed by atoms with Gasteiger partial charge >= 0.3 is 0 Å². The van der Waals surface area contributed by atoms with Crippen molar-refractivity contribution in [3.63, 3.8) is 0 Å². The number of carbonyl (C=O) groups excluding carboxylic acids is 1. The Morgan fingerprint density at radius 3 is 2.94 bits per heavy atom. The molecule has 100 valence electrons. The summed E-state index contributed by atoms with van der Waals surface area (Å²) in [5.74, 6) is -0.149. The minimum absolute atomic E-state index is 0.133. The average molecular weight is 252 g/mol. The van der Waals surface area contributed by atoms with Crippen LogP contribution in [0.2, 0.25) is 0 Å². The summed E-state index contributed by atoms with van der Waals surface area (Å²) in [7, 11) is 1.86. The second-order valence-electron chi connectivity index (χ2n) is 4.96. The zero-order valence-electron chi connectivity index (χ0n) is 10.8. The molecule has 5 heteroatoms. The Labute approximate surface area is 107 Å². The number of hydrogen-bond donors (Lipinski definition) is 2. The molecule has 2 N–H and O–H groups in total. The summed E-state index contributed by atoms with van der Waals surface area (Å²) in [5, 5.41) is 12.9. The molecule has 2 rings (SSSR count).